The molecule has 0 radical (unpaired) electrons. The van der Waals surface area contributed by atoms with Crippen molar-refractivity contribution in [2.24, 2.45) is 10.9 Å². The molecule has 2 saturated heterocycles. The molecule has 6 nitrogen and oxygen atoms in total. The van der Waals surface area contributed by atoms with Crippen LogP contribution < -0.4 is 5.73 Å². The van der Waals surface area contributed by atoms with Crippen LogP contribution in [-0.4, -0.2) is 60.5 Å². The van der Waals surface area contributed by atoms with Gasteiger partial charge >= 0.3 is 0 Å². The predicted molar refractivity (Wildman–Crippen MR) is 77.0 cm³/mol. The van der Waals surface area contributed by atoms with Gasteiger partial charge in [-0.1, -0.05) is 5.16 Å². The predicted octanol–water partition coefficient (Wildman–Crippen LogP) is 1.17. The summed E-state index contributed by atoms with van der Waals surface area (Å²) in [6.07, 6.45) is 4.66. The van der Waals surface area contributed by atoms with Crippen LogP contribution in [0.5, 0.6) is 0 Å². The molecule has 2 heterocycles. The molecule has 0 aromatic heterocycles. The van der Waals surface area contributed by atoms with Crippen LogP contribution in [0, 0.1) is 0 Å². The highest BCUT2D eigenvalue weighted by atomic mass is 16.5. The zero-order valence-corrected chi connectivity index (χ0v) is 12.5. The smallest absolute Gasteiger partial charge is 0.140 e. The van der Waals surface area contributed by atoms with E-state index in [-0.39, 0.29) is 17.5 Å². The molecule has 0 bridgehead atoms. The van der Waals surface area contributed by atoms with Crippen LogP contribution in [0.15, 0.2) is 5.16 Å². The zero-order valence-electron chi connectivity index (χ0n) is 12.5. The minimum Gasteiger partial charge on any atom is -0.409 e. The second kappa shape index (κ2) is 6.74. The van der Waals surface area contributed by atoms with Gasteiger partial charge < -0.3 is 25.3 Å². The van der Waals surface area contributed by atoms with Crippen LogP contribution >= 0.6 is 0 Å². The van der Waals surface area contributed by atoms with Gasteiger partial charge in [-0.3, -0.25) is 0 Å². The van der Waals surface area contributed by atoms with Crippen molar-refractivity contribution in [1.29, 1.82) is 0 Å². The van der Waals surface area contributed by atoms with E-state index in [1.54, 1.807) is 0 Å². The van der Waals surface area contributed by atoms with E-state index in [4.69, 9.17) is 20.4 Å². The average molecular weight is 285 g/mol. The lowest BCUT2D eigenvalue weighted by Gasteiger charge is -2.46. The molecule has 0 aromatic carbocycles. The molecule has 0 amide bonds. The first-order valence-electron chi connectivity index (χ1n) is 7.46. The standard InChI is InChI=1S/C14H27N3O3/c1-11(9-13(15)16-18)17(2)12-3-6-20-14(10-12)4-7-19-8-5-14/h11-12,18H,3-10H2,1-2H3,(H2,15,16). The molecule has 2 aliphatic rings. The summed E-state index contributed by atoms with van der Waals surface area (Å²) >= 11 is 0. The number of nitrogens with two attached hydrogens (primary N) is 1. The Morgan fingerprint density at radius 3 is 2.80 bits per heavy atom. The summed E-state index contributed by atoms with van der Waals surface area (Å²) in [4.78, 5) is 2.35. The first-order chi connectivity index (χ1) is 9.56. The highest BCUT2D eigenvalue weighted by Gasteiger charge is 2.40. The fraction of sp³-hybridized carbons (Fsp3) is 0.929. The second-order valence-electron chi connectivity index (χ2n) is 6.10. The number of ether oxygens (including phenoxy) is 2. The van der Waals surface area contributed by atoms with Gasteiger partial charge in [0, 0.05) is 38.3 Å². The Labute approximate surface area is 120 Å². The number of hydrogen-bond donors (Lipinski definition) is 2. The van der Waals surface area contributed by atoms with Gasteiger partial charge in [-0.2, -0.15) is 0 Å². The Balaban J connectivity index is 1.93. The van der Waals surface area contributed by atoms with E-state index in [1.165, 1.54) is 0 Å². The van der Waals surface area contributed by atoms with Crippen molar-refractivity contribution in [2.75, 3.05) is 26.9 Å². The van der Waals surface area contributed by atoms with Gasteiger partial charge in [0.1, 0.15) is 5.84 Å². The van der Waals surface area contributed by atoms with Crippen LogP contribution in [0.3, 0.4) is 0 Å². The lowest BCUT2D eigenvalue weighted by Crippen LogP contribution is -2.52. The number of rotatable bonds is 4. The van der Waals surface area contributed by atoms with E-state index in [2.05, 4.69) is 24.0 Å². The fourth-order valence-corrected chi connectivity index (χ4v) is 3.29. The molecular formula is C14H27N3O3. The van der Waals surface area contributed by atoms with Crippen LogP contribution in [0.2, 0.25) is 0 Å². The third-order valence-corrected chi connectivity index (χ3v) is 4.78. The highest BCUT2D eigenvalue weighted by Crippen LogP contribution is 2.36. The Morgan fingerprint density at radius 1 is 1.45 bits per heavy atom. The molecule has 0 aromatic rings. The Bertz CT molecular complexity index is 337. The molecule has 2 aliphatic heterocycles. The van der Waals surface area contributed by atoms with Crippen molar-refractivity contribution in [1.82, 2.24) is 4.90 Å². The summed E-state index contributed by atoms with van der Waals surface area (Å²) < 4.78 is 11.5. The van der Waals surface area contributed by atoms with Crippen molar-refractivity contribution in [3.63, 3.8) is 0 Å². The average Bonchev–Trinajstić information content (AvgIpc) is 2.47. The van der Waals surface area contributed by atoms with Gasteiger partial charge in [-0.15, -0.1) is 0 Å². The van der Waals surface area contributed by atoms with Crippen LogP contribution in [0.1, 0.15) is 39.0 Å². The van der Waals surface area contributed by atoms with E-state index in [0.717, 1.165) is 45.5 Å². The Hall–Kier alpha value is -0.850. The third kappa shape index (κ3) is 3.62. The number of hydrogen-bond acceptors (Lipinski definition) is 5. The largest absolute Gasteiger partial charge is 0.409 e. The van der Waals surface area contributed by atoms with E-state index >= 15 is 0 Å². The molecule has 116 valence electrons. The van der Waals surface area contributed by atoms with Crippen LogP contribution in [0.4, 0.5) is 0 Å². The van der Waals surface area contributed by atoms with Crippen LogP contribution in [-0.2, 0) is 9.47 Å². The lowest BCUT2D eigenvalue weighted by molar-refractivity contribution is -0.151. The Kier molecular flexibility index (Phi) is 5.23. The molecule has 2 unspecified atom stereocenters. The molecule has 6 heteroatoms. The topological polar surface area (TPSA) is 80.3 Å². The molecule has 2 rings (SSSR count). The maximum Gasteiger partial charge on any atom is 0.140 e. The van der Waals surface area contributed by atoms with E-state index in [1.807, 2.05) is 0 Å². The minimum absolute atomic E-state index is 0.00571. The quantitative estimate of drug-likeness (QED) is 0.351. The molecule has 2 fully saturated rings. The van der Waals surface area contributed by atoms with Gasteiger partial charge in [0.2, 0.25) is 0 Å². The minimum atomic E-state index is 0.00571. The van der Waals surface area contributed by atoms with Crippen molar-refractivity contribution in [3.05, 3.63) is 0 Å². The van der Waals surface area contributed by atoms with E-state index in [9.17, 15) is 0 Å². The fourth-order valence-electron chi connectivity index (χ4n) is 3.29. The molecule has 2 atom stereocenters. The highest BCUT2D eigenvalue weighted by molar-refractivity contribution is 5.80. The zero-order chi connectivity index (χ0) is 14.6. The van der Waals surface area contributed by atoms with Gasteiger partial charge in [-0.25, -0.2) is 0 Å². The SMILES string of the molecule is CC(CC(N)=NO)N(C)C1CCOC2(CCOCC2)C1. The van der Waals surface area contributed by atoms with Crippen molar-refractivity contribution in [2.45, 2.75) is 56.7 Å². The molecule has 20 heavy (non-hydrogen) atoms. The van der Waals surface area contributed by atoms with Crippen molar-refractivity contribution in [3.8, 4) is 0 Å². The van der Waals surface area contributed by atoms with Gasteiger partial charge in [0.05, 0.1) is 5.60 Å². The summed E-state index contributed by atoms with van der Waals surface area (Å²) in [5.41, 5.74) is 5.62. The van der Waals surface area contributed by atoms with E-state index < -0.39 is 0 Å². The Morgan fingerprint density at radius 2 is 2.15 bits per heavy atom. The second-order valence-corrected chi connectivity index (χ2v) is 6.10. The summed E-state index contributed by atoms with van der Waals surface area (Å²) in [5.74, 6) is 0.289. The number of oxime groups is 1. The van der Waals surface area contributed by atoms with Gasteiger partial charge in [-0.05, 0) is 39.7 Å². The number of nitrogens with zero attached hydrogens (tertiary/aromatic N) is 2. The van der Waals surface area contributed by atoms with Crippen LogP contribution in [0.25, 0.3) is 0 Å². The maximum absolute atomic E-state index is 8.69. The summed E-state index contributed by atoms with van der Waals surface area (Å²) in [7, 11) is 2.12. The van der Waals surface area contributed by atoms with Gasteiger partial charge in [0.15, 0.2) is 0 Å². The van der Waals surface area contributed by atoms with Gasteiger partial charge in [0.25, 0.3) is 0 Å². The monoisotopic (exact) mass is 285 g/mol. The van der Waals surface area contributed by atoms with E-state index in [0.29, 0.717) is 12.5 Å². The molecule has 0 saturated carbocycles. The normalized spacial score (nSPS) is 28.8. The summed E-state index contributed by atoms with van der Waals surface area (Å²) in [5, 5.41) is 11.8. The summed E-state index contributed by atoms with van der Waals surface area (Å²) in [6.45, 7) is 4.53. The first kappa shape index (κ1) is 15.5. The maximum atomic E-state index is 8.69. The molecular weight excluding hydrogens is 258 g/mol. The van der Waals surface area contributed by atoms with Crippen molar-refractivity contribution < 1.29 is 14.7 Å². The lowest BCUT2D eigenvalue weighted by atomic mass is 9.83. The number of amidine groups is 1. The molecule has 0 aliphatic carbocycles. The van der Waals surface area contributed by atoms with Crippen molar-refractivity contribution >= 4 is 5.84 Å². The summed E-state index contributed by atoms with van der Waals surface area (Å²) in [6, 6.07) is 0.745. The third-order valence-electron chi connectivity index (χ3n) is 4.78. The first-order valence-corrected chi connectivity index (χ1v) is 7.46. The molecule has 1 spiro atoms. The molecule has 3 N–H and O–H groups in total.